The fraction of sp³-hybridized carbons (Fsp3) is 0.308. The third kappa shape index (κ3) is 13.0. The lowest BCUT2D eigenvalue weighted by Crippen LogP contribution is -2.65. The van der Waals surface area contributed by atoms with E-state index >= 15 is 0 Å². The Balaban J connectivity index is 0.923. The molecule has 11 rings (SSSR count). The molecule has 0 amide bonds. The topological polar surface area (TPSA) is 125 Å². The molecule has 3 fully saturated rings. The van der Waals surface area contributed by atoms with Crippen LogP contribution in [0.25, 0.3) is 21.5 Å². The highest BCUT2D eigenvalue weighted by Gasteiger charge is 2.54. The summed E-state index contributed by atoms with van der Waals surface area (Å²) in [7, 11) is 1.61. The zero-order valence-corrected chi connectivity index (χ0v) is 43.0. The molecular weight excluding hydrogens is 971 g/mol. The molecule has 3 heterocycles. The Bertz CT molecular complexity index is 3180. The predicted molar refractivity (Wildman–Crippen MR) is 290 cm³/mol. The van der Waals surface area contributed by atoms with E-state index in [1.54, 1.807) is 13.2 Å². The summed E-state index contributed by atoms with van der Waals surface area (Å²) >= 11 is 0. The highest BCUT2D eigenvalue weighted by Crippen LogP contribution is 2.37. The van der Waals surface area contributed by atoms with Gasteiger partial charge in [-0.05, 0) is 73.1 Å². The standard InChI is InChI=1S/C65H63NO11/c1-67-64-62(72-39-46-21-9-4-10-22-46)60(70-38-45-19-7-3-8-20-45)58(69-37-44-17-5-2-6-18-44)55(75-64)43-74-65-63(73-41-48-30-32-50-24-12-14-26-52(50)34-48)61(71-40-47-29-31-49-23-11-13-25-51(49)33-47)59-56(76-65)42-68-57(77-59)35-53-27-15-16-28-54(53)36-66/h2-34,55-65H,35,37-43H2,1H3/t55-,56-,57-,58-,59-,60+,61+,62-,63-,64+,65+/m1/s1. The highest BCUT2D eigenvalue weighted by molar-refractivity contribution is 5.83. The van der Waals surface area contributed by atoms with Gasteiger partial charge in [-0.15, -0.1) is 0 Å². The van der Waals surface area contributed by atoms with Gasteiger partial charge >= 0.3 is 0 Å². The van der Waals surface area contributed by atoms with Crippen molar-refractivity contribution < 1.29 is 52.1 Å². The second kappa shape index (κ2) is 25.7. The largest absolute Gasteiger partial charge is 0.368 e. The van der Waals surface area contributed by atoms with Gasteiger partial charge in [0, 0.05) is 13.5 Å². The maximum absolute atomic E-state index is 10.00. The number of ether oxygens (including phenoxy) is 11. The first-order valence-corrected chi connectivity index (χ1v) is 26.4. The number of benzene rings is 8. The van der Waals surface area contributed by atoms with Crippen LogP contribution in [0, 0.1) is 11.3 Å². The van der Waals surface area contributed by atoms with E-state index in [-0.39, 0.29) is 46.2 Å². The molecule has 0 unspecified atom stereocenters. The van der Waals surface area contributed by atoms with Gasteiger partial charge in [-0.3, -0.25) is 0 Å². The van der Waals surface area contributed by atoms with Crippen LogP contribution >= 0.6 is 0 Å². The van der Waals surface area contributed by atoms with Crippen LogP contribution in [0.4, 0.5) is 0 Å². The van der Waals surface area contributed by atoms with Crippen molar-refractivity contribution in [3.8, 4) is 6.07 Å². The van der Waals surface area contributed by atoms with E-state index in [9.17, 15) is 5.26 Å². The van der Waals surface area contributed by atoms with Crippen LogP contribution in [0.1, 0.15) is 38.9 Å². The van der Waals surface area contributed by atoms with Gasteiger partial charge < -0.3 is 52.1 Å². The van der Waals surface area contributed by atoms with E-state index in [2.05, 4.69) is 66.7 Å². The number of hydrogen-bond donors (Lipinski definition) is 0. The SMILES string of the molecule is CO[C@H]1O[C@H](CO[C@H]2O[C@@H]3CO[C@@H](Cc4ccccc4C#N)O[C@H]3[C@H](OCc3ccc4ccccc4c3)[C@H]2OCc2ccc3ccccc3c2)[C@@H](OCc2ccccc2)[C@H](OCc2ccccc2)[C@H]1OCc1ccccc1. The normalized spacial score (nSPS) is 25.3. The monoisotopic (exact) mass is 1030 g/mol. The van der Waals surface area contributed by atoms with Crippen LogP contribution in [0.2, 0.25) is 0 Å². The lowest BCUT2D eigenvalue weighted by atomic mass is 9.96. The third-order valence-electron chi connectivity index (χ3n) is 14.5. The van der Waals surface area contributed by atoms with Gasteiger partial charge in [0.05, 0.1) is 57.9 Å². The minimum atomic E-state index is -1.02. The van der Waals surface area contributed by atoms with Gasteiger partial charge in [0.2, 0.25) is 0 Å². The average molecular weight is 1030 g/mol. The minimum Gasteiger partial charge on any atom is -0.368 e. The van der Waals surface area contributed by atoms with E-state index < -0.39 is 67.7 Å². The molecule has 394 valence electrons. The summed E-state index contributed by atoms with van der Waals surface area (Å²) < 4.78 is 75.2. The lowest BCUT2D eigenvalue weighted by Gasteiger charge is -2.49. The maximum Gasteiger partial charge on any atom is 0.187 e. The third-order valence-corrected chi connectivity index (χ3v) is 14.5. The van der Waals surface area contributed by atoms with Gasteiger partial charge in [0.15, 0.2) is 18.9 Å². The number of methoxy groups -OCH3 is 1. The first kappa shape index (κ1) is 52.4. The predicted octanol–water partition coefficient (Wildman–Crippen LogP) is 11.2. The number of hydrogen-bond acceptors (Lipinski definition) is 12. The second-order valence-corrected chi connectivity index (χ2v) is 19.7. The molecule has 12 heteroatoms. The Kier molecular flexibility index (Phi) is 17.5. The zero-order valence-electron chi connectivity index (χ0n) is 43.0. The summed E-state index contributed by atoms with van der Waals surface area (Å²) in [6.45, 7) is 1.44. The first-order chi connectivity index (χ1) is 38.0. The van der Waals surface area contributed by atoms with E-state index in [1.807, 2.05) is 133 Å². The fourth-order valence-electron chi connectivity index (χ4n) is 10.5. The van der Waals surface area contributed by atoms with Crippen LogP contribution in [0.3, 0.4) is 0 Å². The lowest BCUT2D eigenvalue weighted by molar-refractivity contribution is -0.377. The molecule has 8 aromatic carbocycles. The Morgan fingerprint density at radius 2 is 0.922 bits per heavy atom. The maximum atomic E-state index is 10.00. The number of nitrogens with zero attached hydrogens (tertiary/aromatic N) is 1. The summed E-state index contributed by atoms with van der Waals surface area (Å²) in [6, 6.07) is 69.0. The van der Waals surface area contributed by atoms with Crippen molar-refractivity contribution in [3.63, 3.8) is 0 Å². The Morgan fingerprint density at radius 1 is 0.442 bits per heavy atom. The molecule has 0 bridgehead atoms. The van der Waals surface area contributed by atoms with Gasteiger partial charge in [0.1, 0.15) is 48.8 Å². The van der Waals surface area contributed by atoms with Crippen molar-refractivity contribution in [1.29, 1.82) is 5.26 Å². The van der Waals surface area contributed by atoms with Crippen molar-refractivity contribution in [2.75, 3.05) is 20.3 Å². The van der Waals surface area contributed by atoms with Crippen molar-refractivity contribution in [3.05, 3.63) is 239 Å². The second-order valence-electron chi connectivity index (χ2n) is 19.7. The Labute approximate surface area is 449 Å². The summed E-state index contributed by atoms with van der Waals surface area (Å²) in [5.74, 6) is 0. The van der Waals surface area contributed by atoms with Crippen LogP contribution in [0.15, 0.2) is 200 Å². The molecule has 12 nitrogen and oxygen atoms in total. The Morgan fingerprint density at radius 3 is 1.49 bits per heavy atom. The summed E-state index contributed by atoms with van der Waals surface area (Å²) in [5.41, 5.74) is 6.28. The smallest absolute Gasteiger partial charge is 0.187 e. The van der Waals surface area contributed by atoms with Crippen molar-refractivity contribution >= 4 is 21.5 Å². The van der Waals surface area contributed by atoms with Crippen LogP contribution in [-0.2, 0) is 91.6 Å². The molecule has 3 aliphatic rings. The number of fused-ring (bicyclic) bond motifs is 3. The van der Waals surface area contributed by atoms with Crippen LogP contribution in [-0.4, -0.2) is 88.0 Å². The molecule has 0 saturated carbocycles. The molecule has 0 spiro atoms. The average Bonchev–Trinajstić information content (AvgIpc) is 3.51. The van der Waals surface area contributed by atoms with Crippen molar-refractivity contribution in [2.24, 2.45) is 0 Å². The summed E-state index contributed by atoms with van der Waals surface area (Å²) in [5, 5.41) is 14.5. The van der Waals surface area contributed by atoms with Crippen LogP contribution < -0.4 is 0 Å². The van der Waals surface area contributed by atoms with E-state index in [0.29, 0.717) is 12.0 Å². The van der Waals surface area contributed by atoms with E-state index in [4.69, 9.17) is 52.1 Å². The summed E-state index contributed by atoms with van der Waals surface area (Å²) in [4.78, 5) is 0. The molecule has 0 radical (unpaired) electrons. The zero-order chi connectivity index (χ0) is 52.2. The van der Waals surface area contributed by atoms with Gasteiger partial charge in [-0.2, -0.15) is 5.26 Å². The van der Waals surface area contributed by atoms with Gasteiger partial charge in [-0.25, -0.2) is 0 Å². The van der Waals surface area contributed by atoms with Gasteiger partial charge in [0.25, 0.3) is 0 Å². The molecule has 11 atom stereocenters. The molecule has 3 aliphatic heterocycles. The molecule has 77 heavy (non-hydrogen) atoms. The quantitative estimate of drug-likeness (QED) is 0.0680. The van der Waals surface area contributed by atoms with E-state index in [1.165, 1.54) is 0 Å². The fourth-order valence-corrected chi connectivity index (χ4v) is 10.5. The molecule has 0 aliphatic carbocycles. The van der Waals surface area contributed by atoms with E-state index in [0.717, 1.165) is 54.9 Å². The number of nitriles is 1. The molecule has 3 saturated heterocycles. The van der Waals surface area contributed by atoms with Crippen molar-refractivity contribution in [2.45, 2.75) is 107 Å². The molecule has 0 N–H and O–H groups in total. The number of rotatable bonds is 21. The van der Waals surface area contributed by atoms with Crippen LogP contribution in [0.5, 0.6) is 0 Å². The first-order valence-electron chi connectivity index (χ1n) is 26.4. The minimum absolute atomic E-state index is 0.0273. The highest BCUT2D eigenvalue weighted by atomic mass is 16.8. The molecule has 8 aromatic rings. The molecule has 0 aromatic heterocycles. The summed E-state index contributed by atoms with van der Waals surface area (Å²) in [6.07, 6.45) is -7.98. The molecular formula is C65H63NO11. The van der Waals surface area contributed by atoms with Crippen molar-refractivity contribution in [1.82, 2.24) is 0 Å². The Hall–Kier alpha value is -6.67. The van der Waals surface area contributed by atoms with Gasteiger partial charge in [-0.1, -0.05) is 182 Å².